The predicted octanol–water partition coefficient (Wildman–Crippen LogP) is 0.480. The summed E-state index contributed by atoms with van der Waals surface area (Å²) in [6.07, 6.45) is 1.55. The maximum absolute atomic E-state index is 11.0. The Hall–Kier alpha value is -2.02. The quantitative estimate of drug-likeness (QED) is 0.357. The van der Waals surface area contributed by atoms with E-state index in [1.807, 2.05) is 5.32 Å². The van der Waals surface area contributed by atoms with Crippen molar-refractivity contribution in [3.8, 4) is 6.19 Å². The van der Waals surface area contributed by atoms with Crippen LogP contribution < -0.4 is 11.1 Å². The van der Waals surface area contributed by atoms with Crippen LogP contribution in [0.1, 0.15) is 10.4 Å². The number of amides is 1. The lowest BCUT2D eigenvalue weighted by Gasteiger charge is -1.97. The molecule has 0 aliphatic heterocycles. The van der Waals surface area contributed by atoms with Gasteiger partial charge in [-0.05, 0) is 18.2 Å². The second-order valence-electron chi connectivity index (χ2n) is 2.19. The number of nitrogens with two attached hydrogens (primary N) is 1. The van der Waals surface area contributed by atoms with Crippen molar-refractivity contribution in [2.75, 3.05) is 5.73 Å². The number of nitrogens with zero attached hydrogens (tertiary/aromatic N) is 1. The molecule has 0 atom stereocenters. The molecule has 0 bridgehead atoms. The van der Waals surface area contributed by atoms with E-state index in [0.29, 0.717) is 11.3 Å². The summed E-state index contributed by atoms with van der Waals surface area (Å²) in [6.45, 7) is 0. The summed E-state index contributed by atoms with van der Waals surface area (Å²) in [5.41, 5.74) is 6.32. The van der Waals surface area contributed by atoms with Gasteiger partial charge in [-0.1, -0.05) is 6.07 Å². The van der Waals surface area contributed by atoms with E-state index in [1.54, 1.807) is 24.4 Å². The van der Waals surface area contributed by atoms with Gasteiger partial charge >= 0.3 is 0 Å². The average Bonchev–Trinajstić information content (AvgIpc) is 2.05. The molecule has 0 aliphatic carbocycles. The van der Waals surface area contributed by atoms with E-state index in [0.717, 1.165) is 0 Å². The van der Waals surface area contributed by atoms with Crippen molar-refractivity contribution in [2.45, 2.75) is 0 Å². The van der Waals surface area contributed by atoms with Crippen molar-refractivity contribution in [1.29, 1.82) is 5.26 Å². The maximum Gasteiger partial charge on any atom is 0.264 e. The van der Waals surface area contributed by atoms with Gasteiger partial charge < -0.3 is 5.73 Å². The minimum atomic E-state index is -0.440. The van der Waals surface area contributed by atoms with Gasteiger partial charge in [0.05, 0.1) is 0 Å². The first-order valence-electron chi connectivity index (χ1n) is 3.29. The fraction of sp³-hybridized carbons (Fsp3) is 0. The second kappa shape index (κ2) is 3.39. The Balaban J connectivity index is 2.90. The summed E-state index contributed by atoms with van der Waals surface area (Å²) in [4.78, 5) is 11.0. The molecule has 0 unspecified atom stereocenters. The minimum absolute atomic E-state index is 0.386. The summed E-state index contributed by atoms with van der Waals surface area (Å²) in [7, 11) is 0. The summed E-state index contributed by atoms with van der Waals surface area (Å²) in [6, 6.07) is 6.42. The molecule has 0 aliphatic rings. The van der Waals surface area contributed by atoms with Gasteiger partial charge in [-0.3, -0.25) is 10.1 Å². The van der Waals surface area contributed by atoms with Gasteiger partial charge in [0, 0.05) is 11.3 Å². The first-order chi connectivity index (χ1) is 5.74. The largest absolute Gasteiger partial charge is 0.399 e. The van der Waals surface area contributed by atoms with E-state index >= 15 is 0 Å². The van der Waals surface area contributed by atoms with Crippen molar-refractivity contribution in [3.63, 3.8) is 0 Å². The lowest BCUT2D eigenvalue weighted by Crippen LogP contribution is -2.17. The van der Waals surface area contributed by atoms with Gasteiger partial charge in [0.25, 0.3) is 5.91 Å². The molecule has 0 spiro atoms. The van der Waals surface area contributed by atoms with Crippen molar-refractivity contribution in [3.05, 3.63) is 29.8 Å². The van der Waals surface area contributed by atoms with Crippen LogP contribution in [0.3, 0.4) is 0 Å². The molecule has 3 N–H and O–H groups in total. The Bertz CT molecular complexity index is 340. The molecule has 12 heavy (non-hydrogen) atoms. The highest BCUT2D eigenvalue weighted by atomic mass is 16.1. The number of nitrogens with one attached hydrogen (secondary N) is 1. The Kier molecular flexibility index (Phi) is 2.29. The predicted molar refractivity (Wildman–Crippen MR) is 43.9 cm³/mol. The van der Waals surface area contributed by atoms with Gasteiger partial charge in [-0.15, -0.1) is 0 Å². The first kappa shape index (κ1) is 8.08. The number of carbonyl (C=O) groups is 1. The van der Waals surface area contributed by atoms with Gasteiger partial charge in [0.2, 0.25) is 0 Å². The van der Waals surface area contributed by atoms with E-state index in [2.05, 4.69) is 0 Å². The molecule has 1 rings (SSSR count). The molecular formula is C8H7N3O. The van der Waals surface area contributed by atoms with E-state index < -0.39 is 5.91 Å². The van der Waals surface area contributed by atoms with Crippen molar-refractivity contribution >= 4 is 11.6 Å². The van der Waals surface area contributed by atoms with Crippen LogP contribution >= 0.6 is 0 Å². The Morgan fingerprint density at radius 1 is 1.58 bits per heavy atom. The van der Waals surface area contributed by atoms with Gasteiger partial charge in [0.1, 0.15) is 0 Å². The highest BCUT2D eigenvalue weighted by molar-refractivity contribution is 5.95. The molecule has 0 saturated heterocycles. The topological polar surface area (TPSA) is 78.9 Å². The van der Waals surface area contributed by atoms with Crippen LogP contribution in [0.2, 0.25) is 0 Å². The highest BCUT2D eigenvalue weighted by Gasteiger charge is 2.02. The molecule has 60 valence electrons. The van der Waals surface area contributed by atoms with E-state index in [-0.39, 0.29) is 0 Å². The minimum Gasteiger partial charge on any atom is -0.399 e. The number of rotatable bonds is 1. The van der Waals surface area contributed by atoms with Crippen LogP contribution in [-0.2, 0) is 0 Å². The molecule has 1 aromatic carbocycles. The number of nitriles is 1. The summed E-state index contributed by atoms with van der Waals surface area (Å²) < 4.78 is 0. The third-order valence-electron chi connectivity index (χ3n) is 1.32. The van der Waals surface area contributed by atoms with Crippen molar-refractivity contribution in [2.24, 2.45) is 0 Å². The Morgan fingerprint density at radius 2 is 2.33 bits per heavy atom. The zero-order valence-electron chi connectivity index (χ0n) is 6.24. The molecule has 1 aromatic rings. The smallest absolute Gasteiger partial charge is 0.264 e. The van der Waals surface area contributed by atoms with Crippen molar-refractivity contribution in [1.82, 2.24) is 5.32 Å². The Morgan fingerprint density at radius 3 is 2.92 bits per heavy atom. The van der Waals surface area contributed by atoms with Crippen molar-refractivity contribution < 1.29 is 4.79 Å². The summed E-state index contributed by atoms with van der Waals surface area (Å²) in [5, 5.41) is 10.2. The molecule has 1 amide bonds. The number of benzene rings is 1. The SMILES string of the molecule is N#CNC(=O)c1cccc(N)c1. The maximum atomic E-state index is 11.0. The average molecular weight is 161 g/mol. The highest BCUT2D eigenvalue weighted by Crippen LogP contribution is 2.05. The standard InChI is InChI=1S/C8H7N3O/c9-5-11-8(12)6-2-1-3-7(10)4-6/h1-4H,10H2,(H,11,12). The van der Waals surface area contributed by atoms with Gasteiger partial charge in [0.15, 0.2) is 6.19 Å². The summed E-state index contributed by atoms with van der Waals surface area (Å²) >= 11 is 0. The van der Waals surface area contributed by atoms with Crippen LogP contribution in [0.25, 0.3) is 0 Å². The third-order valence-corrected chi connectivity index (χ3v) is 1.32. The molecular weight excluding hydrogens is 154 g/mol. The molecule has 4 heteroatoms. The summed E-state index contributed by atoms with van der Waals surface area (Å²) in [5.74, 6) is -0.440. The monoisotopic (exact) mass is 161 g/mol. The lowest BCUT2D eigenvalue weighted by atomic mass is 10.2. The van der Waals surface area contributed by atoms with Crippen LogP contribution in [0.5, 0.6) is 0 Å². The van der Waals surface area contributed by atoms with E-state index in [1.165, 1.54) is 6.07 Å². The second-order valence-corrected chi connectivity index (χ2v) is 2.19. The normalized spacial score (nSPS) is 8.58. The van der Waals surface area contributed by atoms with Crippen LogP contribution in [0, 0.1) is 11.5 Å². The number of nitrogen functional groups attached to an aromatic ring is 1. The lowest BCUT2D eigenvalue weighted by molar-refractivity contribution is 0.0973. The third kappa shape index (κ3) is 1.73. The molecule has 0 saturated carbocycles. The van der Waals surface area contributed by atoms with Crippen LogP contribution in [0.4, 0.5) is 5.69 Å². The fourth-order valence-corrected chi connectivity index (χ4v) is 0.803. The van der Waals surface area contributed by atoms with E-state index in [4.69, 9.17) is 11.0 Å². The molecule has 0 fully saturated rings. The molecule has 0 radical (unpaired) electrons. The zero-order valence-corrected chi connectivity index (χ0v) is 6.24. The number of hydrogen-bond donors (Lipinski definition) is 2. The fourth-order valence-electron chi connectivity index (χ4n) is 0.803. The molecule has 4 nitrogen and oxygen atoms in total. The van der Waals surface area contributed by atoms with Crippen LogP contribution in [-0.4, -0.2) is 5.91 Å². The molecule has 0 heterocycles. The number of carbonyl (C=O) groups excluding carboxylic acids is 1. The Labute approximate surface area is 69.6 Å². The molecule has 0 aromatic heterocycles. The van der Waals surface area contributed by atoms with Gasteiger partial charge in [-0.2, -0.15) is 5.26 Å². The first-order valence-corrected chi connectivity index (χ1v) is 3.29. The van der Waals surface area contributed by atoms with E-state index in [9.17, 15) is 4.79 Å². The zero-order chi connectivity index (χ0) is 8.97. The number of anilines is 1. The number of hydrogen-bond acceptors (Lipinski definition) is 3. The van der Waals surface area contributed by atoms with Crippen LogP contribution in [0.15, 0.2) is 24.3 Å². The van der Waals surface area contributed by atoms with Gasteiger partial charge in [-0.25, -0.2) is 0 Å².